The number of hydrogen-bond donors (Lipinski definition) is 2. The number of nitrogens with zero attached hydrogens (tertiary/aromatic N) is 1. The number of hydrazine groups is 1. The highest BCUT2D eigenvalue weighted by Crippen LogP contribution is 2.16. The smallest absolute Gasteiger partial charge is 0.0100 e. The summed E-state index contributed by atoms with van der Waals surface area (Å²) in [4.78, 5) is 2.38. The van der Waals surface area contributed by atoms with E-state index >= 15 is 0 Å². The second kappa shape index (κ2) is 3.91. The van der Waals surface area contributed by atoms with Crippen LogP contribution in [0.15, 0.2) is 0 Å². The van der Waals surface area contributed by atoms with E-state index in [1.54, 1.807) is 0 Å². The topological polar surface area (TPSA) is 41.3 Å². The molecule has 1 saturated heterocycles. The minimum atomic E-state index is 0.876. The fourth-order valence-corrected chi connectivity index (χ4v) is 1.55. The normalized spacial score (nSPS) is 27.6. The summed E-state index contributed by atoms with van der Waals surface area (Å²) in [6, 6.07) is 0. The largest absolute Gasteiger partial charge is 0.306 e. The second-order valence-corrected chi connectivity index (χ2v) is 3.16. The zero-order valence-corrected chi connectivity index (χ0v) is 6.64. The summed E-state index contributed by atoms with van der Waals surface area (Å²) in [6.45, 7) is 3.47. The van der Waals surface area contributed by atoms with Crippen LogP contribution in [-0.4, -0.2) is 31.6 Å². The van der Waals surface area contributed by atoms with Gasteiger partial charge in [-0.25, -0.2) is 0 Å². The van der Waals surface area contributed by atoms with E-state index in [9.17, 15) is 0 Å². The molecule has 3 heteroatoms. The second-order valence-electron chi connectivity index (χ2n) is 3.16. The van der Waals surface area contributed by atoms with Crippen molar-refractivity contribution >= 4 is 0 Å². The van der Waals surface area contributed by atoms with Gasteiger partial charge in [-0.05, 0) is 32.4 Å². The summed E-state index contributed by atoms with van der Waals surface area (Å²) in [7, 11) is 2.18. The molecule has 10 heavy (non-hydrogen) atoms. The molecular weight excluding hydrogens is 126 g/mol. The van der Waals surface area contributed by atoms with E-state index in [-0.39, 0.29) is 0 Å². The third-order valence-corrected chi connectivity index (χ3v) is 2.19. The SMILES string of the molecule is CN1CCC(CCNN)C1. The molecule has 0 aromatic carbocycles. The first-order valence-electron chi connectivity index (χ1n) is 3.95. The van der Waals surface area contributed by atoms with Crippen molar-refractivity contribution in [1.29, 1.82) is 0 Å². The van der Waals surface area contributed by atoms with E-state index < -0.39 is 0 Å². The lowest BCUT2D eigenvalue weighted by molar-refractivity contribution is 0.385. The molecule has 60 valence electrons. The van der Waals surface area contributed by atoms with Crippen molar-refractivity contribution < 1.29 is 0 Å². The Labute approximate surface area is 62.5 Å². The van der Waals surface area contributed by atoms with E-state index in [0.29, 0.717) is 0 Å². The Morgan fingerprint density at radius 1 is 1.70 bits per heavy atom. The molecule has 1 heterocycles. The fraction of sp³-hybridized carbons (Fsp3) is 1.00. The summed E-state index contributed by atoms with van der Waals surface area (Å²) < 4.78 is 0. The molecule has 3 nitrogen and oxygen atoms in total. The van der Waals surface area contributed by atoms with Crippen LogP contribution in [0.5, 0.6) is 0 Å². The van der Waals surface area contributed by atoms with Gasteiger partial charge in [-0.3, -0.25) is 11.3 Å². The van der Waals surface area contributed by atoms with Crippen molar-refractivity contribution in [3.8, 4) is 0 Å². The van der Waals surface area contributed by atoms with E-state index in [0.717, 1.165) is 12.5 Å². The standard InChI is InChI=1S/C7H17N3/c1-10-5-3-7(6-10)2-4-9-8/h7,9H,2-6,8H2,1H3. The minimum Gasteiger partial charge on any atom is -0.306 e. The molecular formula is C7H17N3. The van der Waals surface area contributed by atoms with Crippen LogP contribution >= 0.6 is 0 Å². The average Bonchev–Trinajstić information content (AvgIpc) is 2.31. The Kier molecular flexibility index (Phi) is 3.12. The minimum absolute atomic E-state index is 0.876. The van der Waals surface area contributed by atoms with Gasteiger partial charge in [0.2, 0.25) is 0 Å². The van der Waals surface area contributed by atoms with Crippen LogP contribution in [0, 0.1) is 5.92 Å². The van der Waals surface area contributed by atoms with Crippen molar-refractivity contribution in [3.63, 3.8) is 0 Å². The molecule has 0 aliphatic carbocycles. The van der Waals surface area contributed by atoms with Crippen LogP contribution < -0.4 is 11.3 Å². The highest BCUT2D eigenvalue weighted by Gasteiger charge is 2.17. The van der Waals surface area contributed by atoms with E-state index in [1.165, 1.54) is 25.9 Å². The van der Waals surface area contributed by atoms with E-state index in [2.05, 4.69) is 17.4 Å². The van der Waals surface area contributed by atoms with E-state index in [4.69, 9.17) is 5.84 Å². The molecule has 1 aliphatic rings. The van der Waals surface area contributed by atoms with Crippen LogP contribution in [0.4, 0.5) is 0 Å². The van der Waals surface area contributed by atoms with Gasteiger partial charge in [-0.15, -0.1) is 0 Å². The van der Waals surface area contributed by atoms with Crippen LogP contribution in [0.2, 0.25) is 0 Å². The van der Waals surface area contributed by atoms with Crippen molar-refractivity contribution in [3.05, 3.63) is 0 Å². The maximum Gasteiger partial charge on any atom is 0.0100 e. The van der Waals surface area contributed by atoms with Crippen LogP contribution in [0.1, 0.15) is 12.8 Å². The van der Waals surface area contributed by atoms with Gasteiger partial charge in [0.05, 0.1) is 0 Å². The van der Waals surface area contributed by atoms with Crippen LogP contribution in [0.3, 0.4) is 0 Å². The third-order valence-electron chi connectivity index (χ3n) is 2.19. The summed E-state index contributed by atoms with van der Waals surface area (Å²) in [5.74, 6) is 6.05. The predicted molar refractivity (Wildman–Crippen MR) is 42.4 cm³/mol. The molecule has 0 radical (unpaired) electrons. The summed E-state index contributed by atoms with van der Waals surface area (Å²) in [5.41, 5.74) is 2.69. The van der Waals surface area contributed by atoms with Crippen molar-refractivity contribution in [2.24, 2.45) is 11.8 Å². The monoisotopic (exact) mass is 143 g/mol. The highest BCUT2D eigenvalue weighted by atomic mass is 15.2. The maximum absolute atomic E-state index is 5.18. The maximum atomic E-state index is 5.18. The quantitative estimate of drug-likeness (QED) is 0.424. The summed E-state index contributed by atoms with van der Waals surface area (Å²) in [5, 5.41) is 0. The molecule has 1 rings (SSSR count). The Morgan fingerprint density at radius 3 is 3.00 bits per heavy atom. The van der Waals surface area contributed by atoms with Gasteiger partial charge in [0.1, 0.15) is 0 Å². The van der Waals surface area contributed by atoms with E-state index in [1.807, 2.05) is 0 Å². The van der Waals surface area contributed by atoms with Gasteiger partial charge in [-0.1, -0.05) is 0 Å². The molecule has 3 N–H and O–H groups in total. The number of nitrogens with two attached hydrogens (primary N) is 1. The van der Waals surface area contributed by atoms with Gasteiger partial charge >= 0.3 is 0 Å². The molecule has 0 saturated carbocycles. The first kappa shape index (κ1) is 7.98. The average molecular weight is 143 g/mol. The summed E-state index contributed by atoms with van der Waals surface area (Å²) >= 11 is 0. The summed E-state index contributed by atoms with van der Waals surface area (Å²) in [6.07, 6.45) is 2.57. The lowest BCUT2D eigenvalue weighted by Gasteiger charge is -2.08. The Morgan fingerprint density at radius 2 is 2.50 bits per heavy atom. The van der Waals surface area contributed by atoms with Gasteiger partial charge in [0.15, 0.2) is 0 Å². The number of nitrogens with one attached hydrogen (secondary N) is 1. The number of rotatable bonds is 3. The Hall–Kier alpha value is -0.120. The van der Waals surface area contributed by atoms with Gasteiger partial charge < -0.3 is 4.90 Å². The van der Waals surface area contributed by atoms with Crippen LogP contribution in [0.25, 0.3) is 0 Å². The molecule has 0 aromatic heterocycles. The van der Waals surface area contributed by atoms with Gasteiger partial charge in [-0.2, -0.15) is 0 Å². The molecule has 0 bridgehead atoms. The zero-order valence-electron chi connectivity index (χ0n) is 6.64. The zero-order chi connectivity index (χ0) is 7.40. The Bertz CT molecular complexity index is 94.9. The molecule has 1 fully saturated rings. The first-order valence-corrected chi connectivity index (χ1v) is 3.95. The number of hydrogen-bond acceptors (Lipinski definition) is 3. The molecule has 1 aliphatic heterocycles. The molecule has 0 aromatic rings. The Balaban J connectivity index is 2.06. The van der Waals surface area contributed by atoms with Gasteiger partial charge in [0, 0.05) is 13.1 Å². The van der Waals surface area contributed by atoms with Gasteiger partial charge in [0.25, 0.3) is 0 Å². The van der Waals surface area contributed by atoms with Crippen molar-refractivity contribution in [1.82, 2.24) is 10.3 Å². The fourth-order valence-electron chi connectivity index (χ4n) is 1.55. The first-order chi connectivity index (χ1) is 4.83. The lowest BCUT2D eigenvalue weighted by Crippen LogP contribution is -2.25. The van der Waals surface area contributed by atoms with Crippen molar-refractivity contribution in [2.75, 3.05) is 26.7 Å². The van der Waals surface area contributed by atoms with Crippen molar-refractivity contribution in [2.45, 2.75) is 12.8 Å². The molecule has 0 amide bonds. The molecule has 0 spiro atoms. The molecule has 1 unspecified atom stereocenters. The molecule has 1 atom stereocenters. The highest BCUT2D eigenvalue weighted by molar-refractivity contribution is 4.72. The lowest BCUT2D eigenvalue weighted by atomic mass is 10.1. The third kappa shape index (κ3) is 2.25. The number of likely N-dealkylation sites (tertiary alicyclic amines) is 1. The predicted octanol–water partition coefficient (Wildman–Crippen LogP) is -0.208. The van der Waals surface area contributed by atoms with Crippen LogP contribution in [-0.2, 0) is 0 Å².